The van der Waals surface area contributed by atoms with Crippen LogP contribution >= 0.6 is 7.82 Å². The van der Waals surface area contributed by atoms with Crippen LogP contribution in [0, 0.1) is 27.9 Å². The van der Waals surface area contributed by atoms with Gasteiger partial charge in [-0.2, -0.15) is 0 Å². The predicted molar refractivity (Wildman–Crippen MR) is 94.6 cm³/mol. The van der Waals surface area contributed by atoms with Crippen LogP contribution in [0.5, 0.6) is 5.75 Å². The second kappa shape index (κ2) is 8.30. The maximum Gasteiger partial charge on any atom is 0.530 e. The molecule has 0 aromatic heterocycles. The summed E-state index contributed by atoms with van der Waals surface area (Å²) in [6.07, 6.45) is 2.75. The van der Waals surface area contributed by atoms with Gasteiger partial charge in [-0.1, -0.05) is 27.2 Å². The molecular formula is C17H26NO6P. The molecule has 0 amide bonds. The highest BCUT2D eigenvalue weighted by molar-refractivity contribution is 7.48. The number of rotatable bonds is 7. The molecule has 2 rings (SSSR count). The van der Waals surface area contributed by atoms with Crippen LogP contribution in [0.25, 0.3) is 0 Å². The molecule has 0 radical (unpaired) electrons. The number of non-ortho nitro benzene ring substituents is 1. The molecule has 140 valence electrons. The standard InChI is InChI=1S/C17H26NO6P/c1-12(2)16-10-5-13(3)11-17(16)24-25(21,22-4)23-15-8-6-14(7-9-15)18(19)20/h6-9,12-13,16-17H,5,10-11H2,1-4H3/t13-,16+,17-,25?/m1/s1. The minimum absolute atomic E-state index is 0.0681. The van der Waals surface area contributed by atoms with Crippen molar-refractivity contribution < 1.29 is 23.1 Å². The first-order valence-electron chi connectivity index (χ1n) is 8.52. The zero-order valence-electron chi connectivity index (χ0n) is 15.1. The summed E-state index contributed by atoms with van der Waals surface area (Å²) in [4.78, 5) is 10.2. The zero-order chi connectivity index (χ0) is 18.6. The maximum absolute atomic E-state index is 12.9. The van der Waals surface area contributed by atoms with Gasteiger partial charge in [-0.25, -0.2) is 4.57 Å². The van der Waals surface area contributed by atoms with Crippen molar-refractivity contribution in [2.45, 2.75) is 46.1 Å². The van der Waals surface area contributed by atoms with E-state index in [2.05, 4.69) is 20.8 Å². The fourth-order valence-corrected chi connectivity index (χ4v) is 4.42. The summed E-state index contributed by atoms with van der Waals surface area (Å²) < 4.78 is 29.2. The fraction of sp³-hybridized carbons (Fsp3) is 0.647. The summed E-state index contributed by atoms with van der Waals surface area (Å²) >= 11 is 0. The molecule has 7 nitrogen and oxygen atoms in total. The quantitative estimate of drug-likeness (QED) is 0.372. The number of phosphoric ester groups is 1. The Hall–Kier alpha value is -1.43. The van der Waals surface area contributed by atoms with Crippen molar-refractivity contribution in [1.82, 2.24) is 0 Å². The summed E-state index contributed by atoms with van der Waals surface area (Å²) in [7, 11) is -2.52. The molecule has 4 atom stereocenters. The zero-order valence-corrected chi connectivity index (χ0v) is 16.0. The molecule has 1 unspecified atom stereocenters. The Morgan fingerprint density at radius 1 is 1.24 bits per heavy atom. The number of hydrogen-bond acceptors (Lipinski definition) is 6. The third-order valence-corrected chi connectivity index (χ3v) is 6.12. The Labute approximate surface area is 148 Å². The van der Waals surface area contributed by atoms with E-state index < -0.39 is 12.7 Å². The van der Waals surface area contributed by atoms with Crippen molar-refractivity contribution in [3.63, 3.8) is 0 Å². The number of hydrogen-bond donors (Lipinski definition) is 0. The van der Waals surface area contributed by atoms with Crippen LogP contribution in [-0.4, -0.2) is 18.1 Å². The van der Waals surface area contributed by atoms with Crippen molar-refractivity contribution in [2.24, 2.45) is 17.8 Å². The summed E-state index contributed by atoms with van der Waals surface area (Å²) in [6, 6.07) is 5.34. The van der Waals surface area contributed by atoms with Gasteiger partial charge >= 0.3 is 7.82 Å². The van der Waals surface area contributed by atoms with Gasteiger partial charge < -0.3 is 4.52 Å². The molecule has 1 fully saturated rings. The largest absolute Gasteiger partial charge is 0.530 e. The summed E-state index contributed by atoms with van der Waals surface area (Å²) in [5.74, 6) is 1.40. The van der Waals surface area contributed by atoms with E-state index in [4.69, 9.17) is 13.6 Å². The highest BCUT2D eigenvalue weighted by Gasteiger charge is 2.39. The summed E-state index contributed by atoms with van der Waals surface area (Å²) in [5, 5.41) is 10.7. The topological polar surface area (TPSA) is 87.9 Å². The first kappa shape index (κ1) is 19.9. The van der Waals surface area contributed by atoms with E-state index in [0.29, 0.717) is 17.8 Å². The first-order chi connectivity index (χ1) is 11.7. The number of nitrogens with zero attached hydrogens (tertiary/aromatic N) is 1. The van der Waals surface area contributed by atoms with Crippen molar-refractivity contribution in [3.05, 3.63) is 34.4 Å². The molecule has 0 heterocycles. The van der Waals surface area contributed by atoms with Crippen LogP contribution in [0.3, 0.4) is 0 Å². The van der Waals surface area contributed by atoms with E-state index in [1.54, 1.807) is 0 Å². The van der Waals surface area contributed by atoms with E-state index in [-0.39, 0.29) is 17.5 Å². The molecule has 1 saturated carbocycles. The minimum atomic E-state index is -3.80. The van der Waals surface area contributed by atoms with E-state index in [1.165, 1.54) is 31.4 Å². The lowest BCUT2D eigenvalue weighted by molar-refractivity contribution is -0.384. The third kappa shape index (κ3) is 5.27. The van der Waals surface area contributed by atoms with Crippen LogP contribution in [0.15, 0.2) is 24.3 Å². The van der Waals surface area contributed by atoms with E-state index in [9.17, 15) is 14.7 Å². The number of nitro groups is 1. The van der Waals surface area contributed by atoms with Crippen LogP contribution in [0.2, 0.25) is 0 Å². The van der Waals surface area contributed by atoms with Gasteiger partial charge in [-0.15, -0.1) is 0 Å². The smallest absolute Gasteiger partial charge is 0.404 e. The van der Waals surface area contributed by atoms with Crippen molar-refractivity contribution in [2.75, 3.05) is 7.11 Å². The fourth-order valence-electron chi connectivity index (χ4n) is 3.26. The van der Waals surface area contributed by atoms with Gasteiger partial charge in [0.15, 0.2) is 0 Å². The molecule has 25 heavy (non-hydrogen) atoms. The molecule has 1 aromatic carbocycles. The minimum Gasteiger partial charge on any atom is -0.404 e. The molecule has 0 spiro atoms. The Morgan fingerprint density at radius 2 is 1.88 bits per heavy atom. The number of benzene rings is 1. The van der Waals surface area contributed by atoms with Gasteiger partial charge in [-0.3, -0.25) is 19.2 Å². The Balaban J connectivity index is 2.12. The Bertz CT molecular complexity index is 633. The Kier molecular flexibility index (Phi) is 6.60. The molecule has 8 heteroatoms. The molecule has 0 aliphatic heterocycles. The van der Waals surface area contributed by atoms with E-state index in [0.717, 1.165) is 19.3 Å². The van der Waals surface area contributed by atoms with Gasteiger partial charge in [0.05, 0.1) is 11.0 Å². The molecule has 0 N–H and O–H groups in total. The average molecular weight is 371 g/mol. The molecule has 1 aliphatic rings. The summed E-state index contributed by atoms with van der Waals surface area (Å²) in [6.45, 7) is 6.42. The second-order valence-corrected chi connectivity index (χ2v) is 8.60. The highest BCUT2D eigenvalue weighted by atomic mass is 31.2. The SMILES string of the molecule is COP(=O)(Oc1ccc([N+](=O)[O-])cc1)O[C@@H]1C[C@H](C)CC[C@H]1C(C)C. The van der Waals surface area contributed by atoms with Crippen molar-refractivity contribution in [1.29, 1.82) is 0 Å². The van der Waals surface area contributed by atoms with Gasteiger partial charge in [0.25, 0.3) is 5.69 Å². The van der Waals surface area contributed by atoms with Crippen LogP contribution < -0.4 is 4.52 Å². The van der Waals surface area contributed by atoms with Crippen LogP contribution in [-0.2, 0) is 13.6 Å². The maximum atomic E-state index is 12.9. The van der Waals surface area contributed by atoms with Gasteiger partial charge in [0.2, 0.25) is 0 Å². The van der Waals surface area contributed by atoms with E-state index in [1.807, 2.05) is 0 Å². The molecule has 1 aromatic rings. The normalized spacial score (nSPS) is 26.2. The molecule has 0 saturated heterocycles. The van der Waals surface area contributed by atoms with Crippen molar-refractivity contribution >= 4 is 13.5 Å². The molecule has 0 bridgehead atoms. The number of phosphoric acid groups is 1. The Morgan fingerprint density at radius 3 is 2.40 bits per heavy atom. The van der Waals surface area contributed by atoms with Crippen LogP contribution in [0.1, 0.15) is 40.0 Å². The van der Waals surface area contributed by atoms with E-state index >= 15 is 0 Å². The molecular weight excluding hydrogens is 345 g/mol. The van der Waals surface area contributed by atoms with Crippen LogP contribution in [0.4, 0.5) is 5.69 Å². The van der Waals surface area contributed by atoms with Gasteiger partial charge in [-0.05, 0) is 42.7 Å². The lowest BCUT2D eigenvalue weighted by Gasteiger charge is -2.37. The third-order valence-electron chi connectivity index (χ3n) is 4.71. The van der Waals surface area contributed by atoms with Gasteiger partial charge in [0, 0.05) is 19.2 Å². The second-order valence-electron chi connectivity index (χ2n) is 6.94. The van der Waals surface area contributed by atoms with Crippen molar-refractivity contribution in [3.8, 4) is 5.75 Å². The predicted octanol–water partition coefficient (Wildman–Crippen LogP) is 5.21. The average Bonchev–Trinajstić information content (AvgIpc) is 2.55. The number of nitro benzene ring substituents is 1. The lowest BCUT2D eigenvalue weighted by Crippen LogP contribution is -2.34. The van der Waals surface area contributed by atoms with Gasteiger partial charge in [0.1, 0.15) is 5.75 Å². The molecule has 1 aliphatic carbocycles. The first-order valence-corrected chi connectivity index (χ1v) is 9.98. The summed E-state index contributed by atoms with van der Waals surface area (Å²) in [5.41, 5.74) is -0.0681. The monoisotopic (exact) mass is 371 g/mol. The highest BCUT2D eigenvalue weighted by Crippen LogP contribution is 2.53. The lowest BCUT2D eigenvalue weighted by atomic mass is 9.75.